The summed E-state index contributed by atoms with van der Waals surface area (Å²) in [6.45, 7) is 4.76. The number of alkyl halides is 3. The van der Waals surface area contributed by atoms with Crippen molar-refractivity contribution < 1.29 is 27.6 Å². The van der Waals surface area contributed by atoms with Gasteiger partial charge >= 0.3 is 12.2 Å². The maximum absolute atomic E-state index is 14.0. The summed E-state index contributed by atoms with van der Waals surface area (Å²) in [6.07, 6.45) is 0.657. The van der Waals surface area contributed by atoms with Gasteiger partial charge in [0, 0.05) is 50.9 Å². The summed E-state index contributed by atoms with van der Waals surface area (Å²) in [5.74, 6) is 0.0602. The molecule has 1 atom stereocenters. The number of carbonyl (C=O) groups excluding carboxylic acids is 3. The summed E-state index contributed by atoms with van der Waals surface area (Å²) in [4.78, 5) is 48.4. The molecule has 2 aromatic rings. The lowest BCUT2D eigenvalue weighted by Gasteiger charge is -2.41. The van der Waals surface area contributed by atoms with Gasteiger partial charge in [-0.25, -0.2) is 4.79 Å². The predicted molar refractivity (Wildman–Crippen MR) is 178 cm³/mol. The quantitative estimate of drug-likeness (QED) is 0.360. The number of nitrogens with one attached hydrogen (secondary N) is 1. The molecule has 0 aromatic heterocycles. The molecule has 3 fully saturated rings. The Bertz CT molecular complexity index is 1480. The number of anilines is 1. The number of hydrogen-bond donors (Lipinski definition) is 1. The summed E-state index contributed by atoms with van der Waals surface area (Å²) in [5.41, 5.74) is 1.25. The lowest BCUT2D eigenvalue weighted by Crippen LogP contribution is -2.51. The van der Waals surface area contributed by atoms with Gasteiger partial charge in [0.1, 0.15) is 0 Å². The minimum absolute atomic E-state index is 0.0174. The van der Waals surface area contributed by atoms with Gasteiger partial charge in [0.05, 0.1) is 16.5 Å². The van der Waals surface area contributed by atoms with E-state index in [9.17, 15) is 27.6 Å². The molecule has 48 heavy (non-hydrogen) atoms. The van der Waals surface area contributed by atoms with Crippen LogP contribution in [0.3, 0.4) is 0 Å². The van der Waals surface area contributed by atoms with Crippen LogP contribution >= 0.6 is 11.6 Å². The number of rotatable bonds is 7. The lowest BCUT2D eigenvalue weighted by atomic mass is 9.78. The molecule has 4 aliphatic rings. The van der Waals surface area contributed by atoms with Crippen LogP contribution in [0.25, 0.3) is 0 Å². The third-order valence-corrected chi connectivity index (χ3v) is 11.3. The minimum atomic E-state index is -4.63. The van der Waals surface area contributed by atoms with Crippen LogP contribution in [0.1, 0.15) is 61.6 Å². The molecule has 0 saturated carbocycles. The monoisotopic (exact) mass is 687 g/mol. The van der Waals surface area contributed by atoms with Crippen molar-refractivity contribution in [2.45, 2.75) is 70.1 Å². The van der Waals surface area contributed by atoms with E-state index in [2.05, 4.69) is 17.3 Å². The van der Waals surface area contributed by atoms with Crippen LogP contribution in [-0.2, 0) is 28.7 Å². The van der Waals surface area contributed by atoms with Crippen LogP contribution in [0, 0.1) is 17.8 Å². The highest BCUT2D eigenvalue weighted by Crippen LogP contribution is 2.37. The Morgan fingerprint density at radius 1 is 0.896 bits per heavy atom. The number of para-hydroxylation sites is 1. The van der Waals surface area contributed by atoms with E-state index in [0.717, 1.165) is 56.1 Å². The fourth-order valence-corrected chi connectivity index (χ4v) is 8.31. The van der Waals surface area contributed by atoms with Gasteiger partial charge in [0.15, 0.2) is 0 Å². The Morgan fingerprint density at radius 2 is 1.52 bits per heavy atom. The topological polar surface area (TPSA) is 76.2 Å². The number of hydrogen-bond acceptors (Lipinski definition) is 4. The van der Waals surface area contributed by atoms with Crippen LogP contribution in [0.15, 0.2) is 42.5 Å². The number of urea groups is 1. The SMILES string of the molecule is CN1CCC(C2CCN(C(=O)C(CC(=O)N3CCC(N4Cc5ccccc5NC4=O)CC3)Cc3ccc(Cl)c(C(F)(F)F)c3)CC2)CC1. The minimum Gasteiger partial charge on any atom is -0.343 e. The van der Waals surface area contributed by atoms with Gasteiger partial charge in [-0.3, -0.25) is 9.59 Å². The fraction of sp³-hybridized carbons (Fsp3) is 0.583. The Balaban J connectivity index is 1.11. The molecule has 0 radical (unpaired) electrons. The van der Waals surface area contributed by atoms with Crippen LogP contribution < -0.4 is 5.32 Å². The molecule has 12 heteroatoms. The lowest BCUT2D eigenvalue weighted by molar-refractivity contribution is -0.143. The van der Waals surface area contributed by atoms with Crippen molar-refractivity contribution in [3.8, 4) is 0 Å². The highest BCUT2D eigenvalue weighted by atomic mass is 35.5. The maximum Gasteiger partial charge on any atom is 0.417 e. The highest BCUT2D eigenvalue weighted by molar-refractivity contribution is 6.31. The number of likely N-dealkylation sites (tertiary alicyclic amines) is 3. The molecule has 4 amide bonds. The van der Waals surface area contributed by atoms with E-state index in [0.29, 0.717) is 63.0 Å². The van der Waals surface area contributed by atoms with Crippen LogP contribution in [0.5, 0.6) is 0 Å². The van der Waals surface area contributed by atoms with E-state index >= 15 is 0 Å². The largest absolute Gasteiger partial charge is 0.417 e. The molecule has 0 spiro atoms. The number of benzene rings is 2. The second kappa shape index (κ2) is 14.7. The van der Waals surface area contributed by atoms with Gasteiger partial charge in [-0.2, -0.15) is 13.2 Å². The van der Waals surface area contributed by atoms with Gasteiger partial charge in [0.2, 0.25) is 11.8 Å². The van der Waals surface area contributed by atoms with E-state index in [1.54, 1.807) is 4.90 Å². The summed E-state index contributed by atoms with van der Waals surface area (Å²) in [7, 11) is 2.14. The van der Waals surface area contributed by atoms with Crippen molar-refractivity contribution in [1.82, 2.24) is 19.6 Å². The number of halogens is 4. The zero-order valence-corrected chi connectivity index (χ0v) is 28.2. The Morgan fingerprint density at radius 3 is 2.19 bits per heavy atom. The number of carbonyl (C=O) groups is 3. The van der Waals surface area contributed by atoms with E-state index < -0.39 is 22.7 Å². The molecule has 3 saturated heterocycles. The van der Waals surface area contributed by atoms with Gasteiger partial charge in [-0.05, 0) is 106 Å². The van der Waals surface area contributed by atoms with Crippen LogP contribution in [0.2, 0.25) is 5.02 Å². The van der Waals surface area contributed by atoms with Gasteiger partial charge in [-0.15, -0.1) is 0 Å². The molecular weight excluding hydrogens is 643 g/mol. The molecule has 4 heterocycles. The van der Waals surface area contributed by atoms with Crippen molar-refractivity contribution in [1.29, 1.82) is 0 Å². The Hall–Kier alpha value is -3.31. The number of piperidine rings is 3. The predicted octanol–water partition coefficient (Wildman–Crippen LogP) is 6.53. The first kappa shape index (κ1) is 34.5. The summed E-state index contributed by atoms with van der Waals surface area (Å²) in [5, 5.41) is 2.56. The van der Waals surface area contributed by atoms with E-state index in [-0.39, 0.29) is 36.7 Å². The van der Waals surface area contributed by atoms with Gasteiger partial charge < -0.3 is 24.9 Å². The second-order valence-electron chi connectivity index (χ2n) is 14.0. The average molecular weight is 688 g/mol. The molecular formula is C36H45ClF3N5O3. The summed E-state index contributed by atoms with van der Waals surface area (Å²) in [6, 6.07) is 11.3. The molecule has 4 aliphatic heterocycles. The summed E-state index contributed by atoms with van der Waals surface area (Å²) >= 11 is 5.89. The average Bonchev–Trinajstić information content (AvgIpc) is 3.08. The van der Waals surface area contributed by atoms with Crippen molar-refractivity contribution in [2.75, 3.05) is 51.6 Å². The van der Waals surface area contributed by atoms with Crippen molar-refractivity contribution in [2.24, 2.45) is 17.8 Å². The Labute approximate surface area is 285 Å². The van der Waals surface area contributed by atoms with Gasteiger partial charge in [0.25, 0.3) is 0 Å². The van der Waals surface area contributed by atoms with E-state index in [1.807, 2.05) is 34.1 Å². The van der Waals surface area contributed by atoms with Crippen LogP contribution in [0.4, 0.5) is 23.7 Å². The van der Waals surface area contributed by atoms with Crippen LogP contribution in [-0.4, -0.2) is 89.8 Å². The number of nitrogens with zero attached hydrogens (tertiary/aromatic N) is 4. The first-order valence-corrected chi connectivity index (χ1v) is 17.6. The zero-order chi connectivity index (χ0) is 34.0. The first-order valence-electron chi connectivity index (χ1n) is 17.2. The first-order chi connectivity index (χ1) is 23.0. The Kier molecular flexibility index (Phi) is 10.6. The van der Waals surface area contributed by atoms with E-state index in [1.165, 1.54) is 12.1 Å². The highest BCUT2D eigenvalue weighted by Gasteiger charge is 2.38. The number of amides is 4. The normalized spacial score (nSPS) is 21.2. The van der Waals surface area contributed by atoms with Crippen molar-refractivity contribution in [3.63, 3.8) is 0 Å². The molecule has 260 valence electrons. The molecule has 1 unspecified atom stereocenters. The molecule has 6 rings (SSSR count). The van der Waals surface area contributed by atoms with Crippen molar-refractivity contribution >= 4 is 35.1 Å². The third-order valence-electron chi connectivity index (χ3n) is 11.0. The standard InChI is InChI=1S/C36H45ClF3N5O3/c1-42-14-8-25(9-15-42)26-10-16-44(17-11-26)34(47)28(20-24-6-7-31(37)30(21-24)36(38,39)40)22-33(46)43-18-12-29(13-19-43)45-23-27-4-2-3-5-32(27)41-35(45)48/h2-7,21,25-26,28-29H,8-20,22-23H2,1H3,(H,41,48). The smallest absolute Gasteiger partial charge is 0.343 e. The molecule has 2 aromatic carbocycles. The second-order valence-corrected chi connectivity index (χ2v) is 14.5. The zero-order valence-electron chi connectivity index (χ0n) is 27.5. The maximum atomic E-state index is 14.0. The third kappa shape index (κ3) is 7.94. The summed E-state index contributed by atoms with van der Waals surface area (Å²) < 4.78 is 41.1. The molecule has 0 aliphatic carbocycles. The fourth-order valence-electron chi connectivity index (χ4n) is 8.08. The van der Waals surface area contributed by atoms with E-state index in [4.69, 9.17) is 11.6 Å². The molecule has 8 nitrogen and oxygen atoms in total. The van der Waals surface area contributed by atoms with Crippen molar-refractivity contribution in [3.05, 3.63) is 64.2 Å². The number of fused-ring (bicyclic) bond motifs is 1. The molecule has 1 N–H and O–H groups in total. The molecule has 0 bridgehead atoms. The van der Waals surface area contributed by atoms with Gasteiger partial charge in [-0.1, -0.05) is 35.9 Å².